The standard InChI is InChI=1S/C8H17/c1-3-5-7-8-6-4-2/h3H,4-8H2,1-2H3/q+1. The van der Waals surface area contributed by atoms with Gasteiger partial charge < -0.3 is 0 Å². The molecule has 0 aliphatic heterocycles. The number of unbranched alkanes of at least 4 members (excludes halogenated alkanes) is 5. The molecule has 0 aliphatic rings. The van der Waals surface area contributed by atoms with Gasteiger partial charge in [0.15, 0.2) is 0 Å². The zero-order chi connectivity index (χ0) is 6.24. The lowest BCUT2D eigenvalue weighted by Gasteiger charge is -1.89. The van der Waals surface area contributed by atoms with Gasteiger partial charge in [-0.2, -0.15) is 0 Å². The molecule has 0 aromatic heterocycles. The van der Waals surface area contributed by atoms with Crippen LogP contribution in [0.4, 0.5) is 0 Å². The molecule has 0 spiro atoms. The minimum Gasteiger partial charge on any atom is -0.0654 e. The van der Waals surface area contributed by atoms with Gasteiger partial charge in [0.05, 0.1) is 19.8 Å². The Morgan fingerprint density at radius 2 is 1.88 bits per heavy atom. The monoisotopic (exact) mass is 113 g/mol. The van der Waals surface area contributed by atoms with E-state index >= 15 is 0 Å². The lowest BCUT2D eigenvalue weighted by atomic mass is 10.1. The van der Waals surface area contributed by atoms with Crippen molar-refractivity contribution in [3.05, 3.63) is 6.42 Å². The summed E-state index contributed by atoms with van der Waals surface area (Å²) in [6.07, 6.45) is 9.12. The van der Waals surface area contributed by atoms with Crippen molar-refractivity contribution in [1.29, 1.82) is 0 Å². The van der Waals surface area contributed by atoms with E-state index < -0.39 is 0 Å². The predicted molar refractivity (Wildman–Crippen MR) is 38.7 cm³/mol. The average Bonchev–Trinajstić information content (AvgIpc) is 1.81. The average molecular weight is 113 g/mol. The van der Waals surface area contributed by atoms with Crippen molar-refractivity contribution >= 4 is 0 Å². The van der Waals surface area contributed by atoms with Gasteiger partial charge in [0.1, 0.15) is 0 Å². The molecule has 0 bridgehead atoms. The van der Waals surface area contributed by atoms with Crippen LogP contribution in [-0.4, -0.2) is 0 Å². The highest BCUT2D eigenvalue weighted by atomic mass is 13.9. The summed E-state index contributed by atoms with van der Waals surface area (Å²) in [6, 6.07) is 0. The van der Waals surface area contributed by atoms with E-state index in [1.807, 2.05) is 0 Å². The van der Waals surface area contributed by atoms with E-state index in [1.54, 1.807) is 0 Å². The van der Waals surface area contributed by atoms with Gasteiger partial charge in [0.2, 0.25) is 0 Å². The molecular weight excluding hydrogens is 96.1 g/mol. The number of hydrogen-bond donors (Lipinski definition) is 0. The maximum atomic E-state index is 2.25. The molecule has 0 amide bonds. The van der Waals surface area contributed by atoms with Crippen LogP contribution in [0.5, 0.6) is 0 Å². The van der Waals surface area contributed by atoms with E-state index in [-0.39, 0.29) is 0 Å². The first-order chi connectivity index (χ1) is 3.91. The summed E-state index contributed by atoms with van der Waals surface area (Å²) in [5.74, 6) is 0. The molecule has 0 unspecified atom stereocenters. The van der Waals surface area contributed by atoms with Crippen molar-refractivity contribution in [2.75, 3.05) is 0 Å². The van der Waals surface area contributed by atoms with E-state index in [4.69, 9.17) is 0 Å². The lowest BCUT2D eigenvalue weighted by Crippen LogP contribution is -1.74. The number of hydrogen-bond acceptors (Lipinski definition) is 0. The summed E-state index contributed by atoms with van der Waals surface area (Å²) in [5.41, 5.74) is 0. The van der Waals surface area contributed by atoms with Gasteiger partial charge in [-0.15, -0.1) is 0 Å². The SMILES string of the molecule is C[CH+]CCCCCC. The third-order valence-corrected chi connectivity index (χ3v) is 1.35. The fourth-order valence-corrected chi connectivity index (χ4v) is 0.775. The van der Waals surface area contributed by atoms with Gasteiger partial charge in [0, 0.05) is 0 Å². The van der Waals surface area contributed by atoms with Crippen LogP contribution in [0.1, 0.15) is 46.0 Å². The first-order valence-electron chi connectivity index (χ1n) is 3.69. The molecule has 48 valence electrons. The Balaban J connectivity index is 2.53. The summed E-state index contributed by atoms with van der Waals surface area (Å²) in [5, 5.41) is 0. The molecule has 0 heterocycles. The minimum atomic E-state index is 1.31. The van der Waals surface area contributed by atoms with Crippen molar-refractivity contribution in [2.24, 2.45) is 0 Å². The van der Waals surface area contributed by atoms with Crippen LogP contribution in [-0.2, 0) is 0 Å². The van der Waals surface area contributed by atoms with Crippen LogP contribution >= 0.6 is 0 Å². The van der Waals surface area contributed by atoms with E-state index in [0.717, 1.165) is 0 Å². The van der Waals surface area contributed by atoms with Gasteiger partial charge in [-0.05, 0) is 12.8 Å². The normalized spacial score (nSPS) is 9.25. The fourth-order valence-electron chi connectivity index (χ4n) is 0.775. The van der Waals surface area contributed by atoms with Gasteiger partial charge >= 0.3 is 0 Å². The molecule has 0 fully saturated rings. The second kappa shape index (κ2) is 6.87. The maximum absolute atomic E-state index is 2.25. The van der Waals surface area contributed by atoms with Crippen LogP contribution in [0.15, 0.2) is 0 Å². The topological polar surface area (TPSA) is 0 Å². The Morgan fingerprint density at radius 1 is 1.12 bits per heavy atom. The molecule has 0 saturated carbocycles. The molecule has 8 heavy (non-hydrogen) atoms. The zero-order valence-electron chi connectivity index (χ0n) is 6.11. The summed E-state index contributed by atoms with van der Waals surface area (Å²) >= 11 is 0. The minimum absolute atomic E-state index is 1.31. The van der Waals surface area contributed by atoms with E-state index in [9.17, 15) is 0 Å². The largest absolute Gasteiger partial charge is 0.0872 e. The smallest absolute Gasteiger partial charge is 0.0654 e. The van der Waals surface area contributed by atoms with E-state index in [1.165, 1.54) is 32.1 Å². The molecular formula is C8H17+. The van der Waals surface area contributed by atoms with Crippen molar-refractivity contribution in [3.63, 3.8) is 0 Å². The zero-order valence-corrected chi connectivity index (χ0v) is 6.11. The molecule has 0 aliphatic carbocycles. The Labute approximate surface area is 53.3 Å². The summed E-state index contributed by atoms with van der Waals surface area (Å²) in [4.78, 5) is 0. The Bertz CT molecular complexity index is 25.0. The molecule has 0 nitrogen and oxygen atoms in total. The first-order valence-corrected chi connectivity index (χ1v) is 3.69. The van der Waals surface area contributed by atoms with Gasteiger partial charge in [-0.3, -0.25) is 0 Å². The lowest BCUT2D eigenvalue weighted by molar-refractivity contribution is 0.662. The molecule has 0 aromatic rings. The van der Waals surface area contributed by atoms with Crippen molar-refractivity contribution in [2.45, 2.75) is 46.0 Å². The summed E-state index contributed by atoms with van der Waals surface area (Å²) in [6.45, 7) is 4.38. The highest BCUT2D eigenvalue weighted by Crippen LogP contribution is 2.02. The Morgan fingerprint density at radius 3 is 2.38 bits per heavy atom. The quantitative estimate of drug-likeness (QED) is 0.379. The van der Waals surface area contributed by atoms with Crippen LogP contribution in [0.2, 0.25) is 0 Å². The van der Waals surface area contributed by atoms with Crippen molar-refractivity contribution in [1.82, 2.24) is 0 Å². The third-order valence-electron chi connectivity index (χ3n) is 1.35. The van der Waals surface area contributed by atoms with Crippen molar-refractivity contribution in [3.8, 4) is 0 Å². The van der Waals surface area contributed by atoms with E-state index in [2.05, 4.69) is 20.3 Å². The van der Waals surface area contributed by atoms with Gasteiger partial charge in [0.25, 0.3) is 0 Å². The molecule has 0 heteroatoms. The van der Waals surface area contributed by atoms with Crippen LogP contribution in [0.3, 0.4) is 0 Å². The highest BCUT2D eigenvalue weighted by molar-refractivity contribution is 4.54. The van der Waals surface area contributed by atoms with Crippen molar-refractivity contribution < 1.29 is 0 Å². The third kappa shape index (κ3) is 5.87. The molecule has 0 atom stereocenters. The fraction of sp³-hybridized carbons (Fsp3) is 0.875. The number of rotatable bonds is 5. The molecule has 0 rings (SSSR count). The molecule has 0 aromatic carbocycles. The van der Waals surface area contributed by atoms with Crippen LogP contribution in [0.25, 0.3) is 0 Å². The summed E-state index contributed by atoms with van der Waals surface area (Å²) < 4.78 is 0. The second-order valence-corrected chi connectivity index (χ2v) is 2.26. The van der Waals surface area contributed by atoms with Gasteiger partial charge in [-0.1, -0.05) is 19.8 Å². The first kappa shape index (κ1) is 7.87. The highest BCUT2D eigenvalue weighted by Gasteiger charge is 1.89. The molecule has 0 N–H and O–H groups in total. The Hall–Kier alpha value is -0.130. The predicted octanol–water partition coefficient (Wildman–Crippen LogP) is 3.18. The van der Waals surface area contributed by atoms with Gasteiger partial charge in [-0.25, -0.2) is 0 Å². The van der Waals surface area contributed by atoms with Crippen LogP contribution in [0, 0.1) is 6.42 Å². The second-order valence-electron chi connectivity index (χ2n) is 2.26. The summed E-state index contributed by atoms with van der Waals surface area (Å²) in [7, 11) is 0. The Kier molecular flexibility index (Phi) is 6.76. The maximum Gasteiger partial charge on any atom is 0.0872 e. The molecule has 0 saturated heterocycles. The van der Waals surface area contributed by atoms with E-state index in [0.29, 0.717) is 0 Å². The van der Waals surface area contributed by atoms with Crippen LogP contribution < -0.4 is 0 Å². The molecule has 0 radical (unpaired) electrons.